The summed E-state index contributed by atoms with van der Waals surface area (Å²) in [4.78, 5) is 22.3. The maximum Gasteiger partial charge on any atom is 0.271 e. The van der Waals surface area contributed by atoms with Gasteiger partial charge in [0.25, 0.3) is 11.6 Å². The summed E-state index contributed by atoms with van der Waals surface area (Å²) >= 11 is 5.76. The molecule has 0 aliphatic rings. The highest BCUT2D eigenvalue weighted by Gasteiger charge is 2.10. The Kier molecular flexibility index (Phi) is 5.86. The first-order chi connectivity index (χ1) is 11.5. The summed E-state index contributed by atoms with van der Waals surface area (Å²) < 4.78 is 5.39. The summed E-state index contributed by atoms with van der Waals surface area (Å²) in [6.45, 7) is 2.19. The number of hydrazone groups is 1. The maximum absolute atomic E-state index is 11.9. The number of amides is 1. The van der Waals surface area contributed by atoms with Crippen molar-refractivity contribution in [2.75, 3.05) is 6.61 Å². The van der Waals surface area contributed by atoms with Gasteiger partial charge in [-0.15, -0.1) is 0 Å². The van der Waals surface area contributed by atoms with E-state index in [0.29, 0.717) is 28.5 Å². The number of ether oxygens (including phenoxy) is 1. The van der Waals surface area contributed by atoms with Crippen molar-refractivity contribution in [3.63, 3.8) is 0 Å². The highest BCUT2D eigenvalue weighted by Crippen LogP contribution is 2.22. The van der Waals surface area contributed by atoms with Gasteiger partial charge in [0.05, 0.1) is 17.7 Å². The molecule has 0 atom stereocenters. The van der Waals surface area contributed by atoms with E-state index < -0.39 is 10.8 Å². The SMILES string of the molecule is CCOc1ccc([N+](=O)[O-])cc1/C=N/NC(=O)c1ccc(Cl)cc1. The molecule has 0 unspecified atom stereocenters. The number of nitro groups is 1. The lowest BCUT2D eigenvalue weighted by Crippen LogP contribution is -2.17. The van der Waals surface area contributed by atoms with E-state index in [9.17, 15) is 14.9 Å². The zero-order valence-electron chi connectivity index (χ0n) is 12.7. The van der Waals surface area contributed by atoms with E-state index in [2.05, 4.69) is 10.5 Å². The van der Waals surface area contributed by atoms with Gasteiger partial charge in [0.15, 0.2) is 0 Å². The van der Waals surface area contributed by atoms with E-state index >= 15 is 0 Å². The van der Waals surface area contributed by atoms with Crippen molar-refractivity contribution in [1.82, 2.24) is 5.43 Å². The van der Waals surface area contributed by atoms with Gasteiger partial charge in [-0.3, -0.25) is 14.9 Å². The first-order valence-corrected chi connectivity index (χ1v) is 7.39. The fourth-order valence-corrected chi connectivity index (χ4v) is 1.99. The average molecular weight is 348 g/mol. The van der Waals surface area contributed by atoms with Crippen LogP contribution in [0, 0.1) is 10.1 Å². The van der Waals surface area contributed by atoms with E-state index in [-0.39, 0.29) is 5.69 Å². The molecular weight excluding hydrogens is 334 g/mol. The number of carbonyl (C=O) groups is 1. The molecule has 0 aliphatic carbocycles. The van der Waals surface area contributed by atoms with Crippen LogP contribution in [0.25, 0.3) is 0 Å². The monoisotopic (exact) mass is 347 g/mol. The Labute approximate surface area is 143 Å². The van der Waals surface area contributed by atoms with Gasteiger partial charge in [-0.25, -0.2) is 5.43 Å². The predicted octanol–water partition coefficient (Wildman–Crippen LogP) is 3.41. The molecule has 0 heterocycles. The minimum absolute atomic E-state index is 0.0936. The van der Waals surface area contributed by atoms with E-state index in [1.54, 1.807) is 31.2 Å². The number of nitrogens with zero attached hydrogens (tertiary/aromatic N) is 2. The summed E-state index contributed by atoms with van der Waals surface area (Å²) in [5, 5.41) is 15.2. The molecule has 24 heavy (non-hydrogen) atoms. The molecular formula is C16H14ClN3O4. The van der Waals surface area contributed by atoms with Crippen LogP contribution in [-0.4, -0.2) is 23.7 Å². The highest BCUT2D eigenvalue weighted by molar-refractivity contribution is 6.30. The van der Waals surface area contributed by atoms with Crippen molar-refractivity contribution in [3.05, 3.63) is 68.7 Å². The minimum atomic E-state index is -0.515. The molecule has 7 nitrogen and oxygen atoms in total. The Hall–Kier alpha value is -2.93. The van der Waals surface area contributed by atoms with E-state index in [4.69, 9.17) is 16.3 Å². The summed E-state index contributed by atoms with van der Waals surface area (Å²) in [6.07, 6.45) is 1.30. The van der Waals surface area contributed by atoms with Crippen molar-refractivity contribution in [1.29, 1.82) is 0 Å². The number of carbonyl (C=O) groups excluding carboxylic acids is 1. The van der Waals surface area contributed by atoms with Crippen LogP contribution in [0.2, 0.25) is 5.02 Å². The van der Waals surface area contributed by atoms with Crippen molar-refractivity contribution < 1.29 is 14.5 Å². The van der Waals surface area contributed by atoms with Gasteiger partial charge in [0.1, 0.15) is 5.75 Å². The van der Waals surface area contributed by atoms with E-state index in [1.165, 1.54) is 24.4 Å². The fourth-order valence-electron chi connectivity index (χ4n) is 1.86. The molecule has 2 rings (SSSR count). The Morgan fingerprint density at radius 2 is 2.04 bits per heavy atom. The molecule has 0 aromatic heterocycles. The molecule has 124 valence electrons. The third-order valence-corrected chi connectivity index (χ3v) is 3.23. The zero-order chi connectivity index (χ0) is 17.5. The number of halogens is 1. The van der Waals surface area contributed by atoms with Crippen LogP contribution in [0.1, 0.15) is 22.8 Å². The lowest BCUT2D eigenvalue weighted by molar-refractivity contribution is -0.384. The van der Waals surface area contributed by atoms with Crippen LogP contribution in [-0.2, 0) is 0 Å². The van der Waals surface area contributed by atoms with Crippen molar-refractivity contribution in [2.24, 2.45) is 5.10 Å². The highest BCUT2D eigenvalue weighted by atomic mass is 35.5. The normalized spacial score (nSPS) is 10.6. The van der Waals surface area contributed by atoms with Crippen molar-refractivity contribution in [2.45, 2.75) is 6.92 Å². The molecule has 8 heteroatoms. The quantitative estimate of drug-likeness (QED) is 0.492. The molecule has 2 aromatic carbocycles. The number of hydrogen-bond donors (Lipinski definition) is 1. The Morgan fingerprint density at radius 3 is 2.67 bits per heavy atom. The Morgan fingerprint density at radius 1 is 1.33 bits per heavy atom. The standard InChI is InChI=1S/C16H14ClN3O4/c1-2-24-15-8-7-14(20(22)23)9-12(15)10-18-19-16(21)11-3-5-13(17)6-4-11/h3-10H,2H2,1H3,(H,19,21)/b18-10+. The molecule has 2 aromatic rings. The third kappa shape index (κ3) is 4.53. The molecule has 1 amide bonds. The molecule has 0 bridgehead atoms. The van der Waals surface area contributed by atoms with E-state index in [0.717, 1.165) is 0 Å². The lowest BCUT2D eigenvalue weighted by Gasteiger charge is -2.06. The molecule has 0 fully saturated rings. The van der Waals surface area contributed by atoms with Crippen molar-refractivity contribution in [3.8, 4) is 5.75 Å². The topological polar surface area (TPSA) is 93.8 Å². The molecule has 0 spiro atoms. The summed E-state index contributed by atoms with van der Waals surface area (Å²) in [6, 6.07) is 10.5. The Bertz CT molecular complexity index is 775. The van der Waals surface area contributed by atoms with Gasteiger partial charge < -0.3 is 4.74 Å². The summed E-state index contributed by atoms with van der Waals surface area (Å²) in [5.41, 5.74) is 3.03. The first kappa shape index (κ1) is 17.4. The maximum atomic E-state index is 11.9. The van der Waals surface area contributed by atoms with Gasteiger partial charge in [-0.2, -0.15) is 5.10 Å². The smallest absolute Gasteiger partial charge is 0.271 e. The third-order valence-electron chi connectivity index (χ3n) is 2.98. The first-order valence-electron chi connectivity index (χ1n) is 7.01. The van der Waals surface area contributed by atoms with Crippen LogP contribution < -0.4 is 10.2 Å². The lowest BCUT2D eigenvalue weighted by atomic mass is 10.2. The van der Waals surface area contributed by atoms with Gasteiger partial charge in [-0.05, 0) is 37.3 Å². The van der Waals surface area contributed by atoms with Crippen LogP contribution >= 0.6 is 11.6 Å². The average Bonchev–Trinajstić information content (AvgIpc) is 2.56. The molecule has 1 N–H and O–H groups in total. The van der Waals surface area contributed by atoms with Crippen molar-refractivity contribution >= 4 is 29.4 Å². The number of rotatable bonds is 6. The number of nitro benzene ring substituents is 1. The number of benzene rings is 2. The summed E-state index contributed by atoms with van der Waals surface area (Å²) in [5.74, 6) is 0.0129. The number of non-ortho nitro benzene ring substituents is 1. The van der Waals surface area contributed by atoms with E-state index in [1.807, 2.05) is 0 Å². The molecule has 0 radical (unpaired) electrons. The molecule has 0 saturated heterocycles. The minimum Gasteiger partial charge on any atom is -0.493 e. The predicted molar refractivity (Wildman–Crippen MR) is 90.8 cm³/mol. The van der Waals surface area contributed by atoms with Crippen LogP contribution in [0.5, 0.6) is 5.75 Å². The van der Waals surface area contributed by atoms with Crippen LogP contribution in [0.15, 0.2) is 47.6 Å². The van der Waals surface area contributed by atoms with Gasteiger partial charge >= 0.3 is 0 Å². The second-order valence-electron chi connectivity index (χ2n) is 4.62. The van der Waals surface area contributed by atoms with Crippen LogP contribution in [0.4, 0.5) is 5.69 Å². The van der Waals surface area contributed by atoms with Gasteiger partial charge in [0.2, 0.25) is 0 Å². The fraction of sp³-hybridized carbons (Fsp3) is 0.125. The Balaban J connectivity index is 2.14. The molecule has 0 aliphatic heterocycles. The number of nitrogens with one attached hydrogen (secondary N) is 1. The number of hydrogen-bond acceptors (Lipinski definition) is 5. The zero-order valence-corrected chi connectivity index (χ0v) is 13.5. The van der Waals surface area contributed by atoms with Gasteiger partial charge in [-0.1, -0.05) is 11.6 Å². The molecule has 0 saturated carbocycles. The van der Waals surface area contributed by atoms with Gasteiger partial charge in [0, 0.05) is 28.3 Å². The van der Waals surface area contributed by atoms with Crippen LogP contribution in [0.3, 0.4) is 0 Å². The summed E-state index contributed by atoms with van der Waals surface area (Å²) in [7, 11) is 0. The largest absolute Gasteiger partial charge is 0.493 e. The second-order valence-corrected chi connectivity index (χ2v) is 5.05. The second kappa shape index (κ2) is 8.07.